The van der Waals surface area contributed by atoms with Crippen LogP contribution in [0.4, 0.5) is 19.4 Å². The van der Waals surface area contributed by atoms with Crippen LogP contribution in [0.3, 0.4) is 0 Å². The molecule has 3 aromatic rings. The number of ether oxygens (including phenoxy) is 2. The van der Waals surface area contributed by atoms with Crippen LogP contribution in [0.15, 0.2) is 41.3 Å². The molecule has 254 valence electrons. The number of pyridine rings is 1. The van der Waals surface area contributed by atoms with E-state index >= 15 is 4.39 Å². The summed E-state index contributed by atoms with van der Waals surface area (Å²) < 4.78 is 43.5. The second-order valence-electron chi connectivity index (χ2n) is 14.5. The second-order valence-corrected chi connectivity index (χ2v) is 14.5. The van der Waals surface area contributed by atoms with Gasteiger partial charge in [0.15, 0.2) is 17.6 Å². The van der Waals surface area contributed by atoms with Crippen LogP contribution >= 0.6 is 0 Å². The van der Waals surface area contributed by atoms with E-state index in [2.05, 4.69) is 22.1 Å². The van der Waals surface area contributed by atoms with Crippen molar-refractivity contribution in [1.29, 1.82) is 0 Å². The molecular formula is C35H46F2N6O4. The highest BCUT2D eigenvalue weighted by Crippen LogP contribution is 2.48. The summed E-state index contributed by atoms with van der Waals surface area (Å²) in [7, 11) is 2.87. The number of halogens is 2. The second kappa shape index (κ2) is 12.5. The number of carbonyl (C=O) groups is 1. The summed E-state index contributed by atoms with van der Waals surface area (Å²) in [6.07, 6.45) is 3.37. The zero-order valence-corrected chi connectivity index (χ0v) is 28.8. The Morgan fingerprint density at radius 2 is 1.81 bits per heavy atom. The lowest BCUT2D eigenvalue weighted by Gasteiger charge is -2.59. The van der Waals surface area contributed by atoms with Gasteiger partial charge < -0.3 is 14.4 Å². The molecule has 47 heavy (non-hydrogen) atoms. The van der Waals surface area contributed by atoms with Gasteiger partial charge in [0.1, 0.15) is 17.5 Å². The maximum Gasteiger partial charge on any atom is 0.411 e. The van der Waals surface area contributed by atoms with Crippen LogP contribution in [0, 0.1) is 5.95 Å². The minimum Gasteiger partial charge on any atom is -0.496 e. The molecule has 1 saturated carbocycles. The van der Waals surface area contributed by atoms with E-state index in [1.165, 1.54) is 26.3 Å². The zero-order chi connectivity index (χ0) is 34.5. The Morgan fingerprint density at radius 1 is 1.11 bits per heavy atom. The lowest BCUT2D eigenvalue weighted by molar-refractivity contribution is -0.0975. The van der Waals surface area contributed by atoms with Crippen LogP contribution in [-0.2, 0) is 11.8 Å². The number of likely N-dealkylation sites (tertiary alicyclic amines) is 1. The van der Waals surface area contributed by atoms with Crippen LogP contribution in [0.5, 0.6) is 5.75 Å². The molecule has 2 aliphatic rings. The van der Waals surface area contributed by atoms with E-state index in [4.69, 9.17) is 9.47 Å². The summed E-state index contributed by atoms with van der Waals surface area (Å²) in [5.74, 6) is 0.544. The van der Waals surface area contributed by atoms with Crippen LogP contribution in [0.2, 0.25) is 0 Å². The normalized spacial score (nSPS) is 22.6. The van der Waals surface area contributed by atoms with Crippen molar-refractivity contribution in [3.05, 3.63) is 52.8 Å². The van der Waals surface area contributed by atoms with E-state index in [0.717, 1.165) is 23.8 Å². The number of hydrogen-bond donors (Lipinski definition) is 0. The number of aromatic nitrogens is 4. The summed E-state index contributed by atoms with van der Waals surface area (Å²) in [5.41, 5.74) is -1.43. The molecule has 1 aromatic carbocycles. The summed E-state index contributed by atoms with van der Waals surface area (Å²) >= 11 is 0. The third-order valence-electron chi connectivity index (χ3n) is 9.23. The molecule has 2 aromatic heterocycles. The standard InChI is InChI=1S/C35H46F2N6O4/c1-10-15-35(7)19-25(30(37)34(5,6)43(35)32(45)47-33(2,3)4)42(23-12-13-23)28-20-38-31(40-39-28)24-14-11-21(16-26(24)46-9)22-17-27(36)41(8)29(44)18-22/h11,14,16-18,20,23,25,30H,10,12-13,15,19H2,1-9H3/t25-,30-,35-/m0/s1. The minimum absolute atomic E-state index is 0.0859. The van der Waals surface area contributed by atoms with Crippen molar-refractivity contribution in [3.8, 4) is 28.3 Å². The number of methoxy groups -OCH3 is 1. The summed E-state index contributed by atoms with van der Waals surface area (Å²) in [4.78, 5) is 34.0. The van der Waals surface area contributed by atoms with Gasteiger partial charge in [0, 0.05) is 24.7 Å². The Kier molecular flexibility index (Phi) is 9.11. The molecule has 0 radical (unpaired) electrons. The van der Waals surface area contributed by atoms with Gasteiger partial charge in [-0.25, -0.2) is 14.2 Å². The molecule has 0 spiro atoms. The molecule has 10 nitrogen and oxygen atoms in total. The van der Waals surface area contributed by atoms with Gasteiger partial charge in [0.2, 0.25) is 0 Å². The Labute approximate surface area is 275 Å². The van der Waals surface area contributed by atoms with Crippen molar-refractivity contribution in [3.63, 3.8) is 0 Å². The average molecular weight is 653 g/mol. The number of nitrogens with zero attached hydrogens (tertiary/aromatic N) is 6. The Balaban J connectivity index is 1.47. The van der Waals surface area contributed by atoms with Gasteiger partial charge in [-0.2, -0.15) is 4.39 Å². The van der Waals surface area contributed by atoms with E-state index < -0.39 is 46.5 Å². The molecule has 3 atom stereocenters. The topological polar surface area (TPSA) is 103 Å². The highest BCUT2D eigenvalue weighted by molar-refractivity contribution is 5.73. The molecule has 12 heteroatoms. The zero-order valence-electron chi connectivity index (χ0n) is 28.8. The van der Waals surface area contributed by atoms with Gasteiger partial charge in [-0.15, -0.1) is 10.2 Å². The highest BCUT2D eigenvalue weighted by atomic mass is 19.1. The van der Waals surface area contributed by atoms with E-state index in [1.54, 1.807) is 43.1 Å². The number of hydrogen-bond acceptors (Lipinski definition) is 8. The van der Waals surface area contributed by atoms with Gasteiger partial charge in [-0.3, -0.25) is 14.3 Å². The average Bonchev–Trinajstić information content (AvgIpc) is 3.82. The fourth-order valence-electron chi connectivity index (χ4n) is 7.01. The smallest absolute Gasteiger partial charge is 0.411 e. The molecule has 1 saturated heterocycles. The van der Waals surface area contributed by atoms with Crippen molar-refractivity contribution in [1.82, 2.24) is 24.6 Å². The van der Waals surface area contributed by atoms with Crippen molar-refractivity contribution >= 4 is 11.9 Å². The minimum atomic E-state index is -1.41. The largest absolute Gasteiger partial charge is 0.496 e. The van der Waals surface area contributed by atoms with Gasteiger partial charge >= 0.3 is 6.09 Å². The SMILES string of the molecule is CCC[C@@]1(C)C[C@H](N(c2cnc(-c3ccc(-c4cc(F)n(C)c(=O)c4)cc3OC)nn2)C2CC2)[C@H](F)C(C)(C)N1C(=O)OC(C)(C)C. The molecular weight excluding hydrogens is 606 g/mol. The number of benzene rings is 1. The number of piperidine rings is 1. The number of rotatable bonds is 8. The van der Waals surface area contributed by atoms with Crippen molar-refractivity contribution in [2.45, 2.75) is 116 Å². The first kappa shape index (κ1) is 34.3. The van der Waals surface area contributed by atoms with E-state index in [-0.39, 0.29) is 6.04 Å². The predicted octanol–water partition coefficient (Wildman–Crippen LogP) is 6.71. The molecule has 0 bridgehead atoms. The molecule has 0 N–H and O–H groups in total. The van der Waals surface area contributed by atoms with E-state index in [9.17, 15) is 14.0 Å². The number of anilines is 1. The summed E-state index contributed by atoms with van der Waals surface area (Å²) in [6, 6.07) is 7.34. The quantitative estimate of drug-likeness (QED) is 0.248. The maximum absolute atomic E-state index is 16.8. The van der Waals surface area contributed by atoms with Crippen LogP contribution in [0.25, 0.3) is 22.5 Å². The Bertz CT molecular complexity index is 1680. The lowest BCUT2D eigenvalue weighted by atomic mass is 9.72. The molecule has 2 fully saturated rings. The first-order valence-corrected chi connectivity index (χ1v) is 16.2. The summed E-state index contributed by atoms with van der Waals surface area (Å²) in [5, 5.41) is 8.99. The summed E-state index contributed by atoms with van der Waals surface area (Å²) in [6.45, 7) is 13.1. The van der Waals surface area contributed by atoms with Crippen LogP contribution in [-0.4, -0.2) is 72.8 Å². The van der Waals surface area contributed by atoms with E-state index in [0.29, 0.717) is 46.9 Å². The van der Waals surface area contributed by atoms with Crippen molar-refractivity contribution in [2.75, 3.05) is 12.0 Å². The lowest BCUT2D eigenvalue weighted by Crippen LogP contribution is -2.73. The molecule has 1 aliphatic heterocycles. The Morgan fingerprint density at radius 3 is 2.36 bits per heavy atom. The van der Waals surface area contributed by atoms with Crippen molar-refractivity contribution in [2.24, 2.45) is 7.05 Å². The predicted molar refractivity (Wildman–Crippen MR) is 177 cm³/mol. The molecule has 1 amide bonds. The third-order valence-corrected chi connectivity index (χ3v) is 9.23. The van der Waals surface area contributed by atoms with Gasteiger partial charge in [0.25, 0.3) is 5.56 Å². The van der Waals surface area contributed by atoms with Gasteiger partial charge in [0.05, 0.1) is 30.5 Å². The van der Waals surface area contributed by atoms with E-state index in [1.807, 2.05) is 32.6 Å². The third kappa shape index (κ3) is 6.69. The molecule has 1 aliphatic carbocycles. The number of amides is 1. The number of alkyl halides is 1. The fraction of sp³-hybridized carbons (Fsp3) is 0.571. The Hall–Kier alpha value is -4.09. The van der Waals surface area contributed by atoms with Gasteiger partial charge in [-0.05, 0) is 96.6 Å². The fourth-order valence-corrected chi connectivity index (χ4v) is 7.01. The molecule has 0 unspecified atom stereocenters. The van der Waals surface area contributed by atoms with Crippen molar-refractivity contribution < 1.29 is 23.0 Å². The van der Waals surface area contributed by atoms with Crippen LogP contribution in [0.1, 0.15) is 80.6 Å². The molecule has 5 rings (SSSR count). The highest BCUT2D eigenvalue weighted by Gasteiger charge is 2.59. The molecule has 3 heterocycles. The maximum atomic E-state index is 16.8. The number of carbonyl (C=O) groups excluding carboxylic acids is 1. The van der Waals surface area contributed by atoms with Crippen LogP contribution < -0.4 is 15.2 Å². The first-order chi connectivity index (χ1) is 22.0. The monoisotopic (exact) mass is 652 g/mol. The van der Waals surface area contributed by atoms with Gasteiger partial charge in [-0.1, -0.05) is 19.4 Å². The first-order valence-electron chi connectivity index (χ1n) is 16.2.